The molecule has 0 saturated heterocycles. The number of amides is 2. The number of aromatic nitrogens is 2. The number of halogens is 1. The van der Waals surface area contributed by atoms with E-state index >= 15 is 0 Å². The summed E-state index contributed by atoms with van der Waals surface area (Å²) in [6, 6.07) is 11.2. The van der Waals surface area contributed by atoms with E-state index in [0.29, 0.717) is 36.2 Å². The van der Waals surface area contributed by atoms with Gasteiger partial charge in [-0.2, -0.15) is 0 Å². The SMILES string of the molecule is COc1nn(C)cc1C(=O)NS1(=O)=NC(=O)c2ccc3c(c2)N(C[C@H](C)[C@@H](C)[C@@H](O)C#CC[C@H](C)C1)C[C@@]1(CCCc2cc(Cl)ccc21)CO3. The fourth-order valence-corrected chi connectivity index (χ4v) is 9.31. The van der Waals surface area contributed by atoms with E-state index < -0.39 is 27.8 Å². The average molecular weight is 722 g/mol. The Balaban J connectivity index is 1.44. The van der Waals surface area contributed by atoms with Gasteiger partial charge in [0.05, 0.1) is 25.2 Å². The van der Waals surface area contributed by atoms with Gasteiger partial charge in [-0.15, -0.1) is 15.4 Å². The second kappa shape index (κ2) is 14.3. The Morgan fingerprint density at radius 1 is 1.22 bits per heavy atom. The van der Waals surface area contributed by atoms with Crippen LogP contribution in [-0.4, -0.2) is 69.6 Å². The van der Waals surface area contributed by atoms with Crippen molar-refractivity contribution in [1.29, 1.82) is 0 Å². The van der Waals surface area contributed by atoms with Crippen molar-refractivity contribution in [1.82, 2.24) is 14.5 Å². The van der Waals surface area contributed by atoms with Gasteiger partial charge in [0.15, 0.2) is 0 Å². The zero-order valence-corrected chi connectivity index (χ0v) is 30.6. The fourth-order valence-electron chi connectivity index (χ4n) is 7.25. The molecule has 1 unspecified atom stereocenters. The van der Waals surface area contributed by atoms with E-state index in [1.54, 1.807) is 25.2 Å². The smallest absolute Gasteiger partial charge is 0.286 e. The molecule has 0 saturated carbocycles. The van der Waals surface area contributed by atoms with E-state index in [1.807, 2.05) is 26.0 Å². The number of anilines is 1. The number of aryl methyl sites for hydroxylation is 2. The van der Waals surface area contributed by atoms with Crippen molar-refractivity contribution in [3.05, 3.63) is 69.9 Å². The van der Waals surface area contributed by atoms with Gasteiger partial charge in [0.2, 0.25) is 5.88 Å². The van der Waals surface area contributed by atoms with Crippen molar-refractivity contribution in [3.8, 4) is 23.5 Å². The summed E-state index contributed by atoms with van der Waals surface area (Å²) < 4.78 is 34.4. The third-order valence-electron chi connectivity index (χ3n) is 10.1. The van der Waals surface area contributed by atoms with Gasteiger partial charge < -0.3 is 19.5 Å². The van der Waals surface area contributed by atoms with Gasteiger partial charge in [-0.05, 0) is 78.5 Å². The predicted octanol–water partition coefficient (Wildman–Crippen LogP) is 5.18. The molecule has 2 aliphatic heterocycles. The Morgan fingerprint density at radius 3 is 2.80 bits per heavy atom. The summed E-state index contributed by atoms with van der Waals surface area (Å²) in [7, 11) is -0.653. The fraction of sp³-hybridized carbons (Fsp3) is 0.486. The van der Waals surface area contributed by atoms with Crippen LogP contribution in [0.1, 0.15) is 71.9 Å². The molecule has 2 aromatic carbocycles. The molecule has 11 nitrogen and oxygen atoms in total. The lowest BCUT2D eigenvalue weighted by Gasteiger charge is -2.42. The second-order valence-corrected chi connectivity index (χ2v) is 16.5. The predicted molar refractivity (Wildman–Crippen MR) is 193 cm³/mol. The lowest BCUT2D eigenvalue weighted by Crippen LogP contribution is -2.47. The summed E-state index contributed by atoms with van der Waals surface area (Å²) in [6.07, 6.45) is 3.66. The molecule has 2 amide bonds. The van der Waals surface area contributed by atoms with Gasteiger partial charge in [0, 0.05) is 48.8 Å². The van der Waals surface area contributed by atoms with Crippen LogP contribution < -0.4 is 19.1 Å². The third-order valence-corrected chi connectivity index (χ3v) is 12.3. The van der Waals surface area contributed by atoms with Crippen molar-refractivity contribution < 1.29 is 28.4 Å². The lowest BCUT2D eigenvalue weighted by atomic mass is 9.70. The average Bonchev–Trinajstić information content (AvgIpc) is 3.39. The molecule has 1 aliphatic carbocycles. The molecule has 3 aliphatic rings. The molecule has 13 heteroatoms. The first-order chi connectivity index (χ1) is 23.8. The van der Waals surface area contributed by atoms with Crippen LogP contribution in [0.25, 0.3) is 0 Å². The van der Waals surface area contributed by atoms with Crippen LogP contribution in [0.15, 0.2) is 47.0 Å². The number of ether oxygens (including phenoxy) is 2. The maximum absolute atomic E-state index is 14.5. The highest BCUT2D eigenvalue weighted by atomic mass is 35.5. The Bertz CT molecular complexity index is 1990. The van der Waals surface area contributed by atoms with Crippen LogP contribution in [0, 0.1) is 29.6 Å². The first-order valence-electron chi connectivity index (χ1n) is 17.0. The van der Waals surface area contributed by atoms with Crippen LogP contribution >= 0.6 is 11.6 Å². The van der Waals surface area contributed by atoms with Crippen LogP contribution in [-0.2, 0) is 28.8 Å². The number of nitrogens with one attached hydrogen (secondary N) is 1. The molecule has 3 heterocycles. The number of methoxy groups -OCH3 is 1. The summed E-state index contributed by atoms with van der Waals surface area (Å²) >= 11 is 6.42. The molecule has 266 valence electrons. The molecule has 1 spiro atoms. The first-order valence-corrected chi connectivity index (χ1v) is 19.0. The van der Waals surface area contributed by atoms with Crippen LogP contribution in [0.2, 0.25) is 5.02 Å². The standard InChI is InChI=1S/C37H44ClN5O6S/c1-23-8-6-10-32(44)25(3)24(2)18-43-21-37(15-7-9-26-16-28(38)12-13-30(26)37)22-49-33-14-11-27(17-31(33)43)34(45)40-50(47,20-23)41-35(46)29-19-42(4)39-36(29)48-5/h11-14,16-17,19,23-25,32,44H,7-9,15,18,20-22H2,1-5H3,(H,40,41,45,46,47)/t23-,24-,25+,32-,37-,50?/m0/s1. The highest BCUT2D eigenvalue weighted by Gasteiger charge is 2.42. The number of rotatable bonds is 3. The van der Waals surface area contributed by atoms with Gasteiger partial charge >= 0.3 is 0 Å². The van der Waals surface area contributed by atoms with Crippen molar-refractivity contribution >= 4 is 39.0 Å². The van der Waals surface area contributed by atoms with Crippen molar-refractivity contribution in [2.24, 2.45) is 29.2 Å². The molecule has 1 aromatic heterocycles. The quantitative estimate of drug-likeness (QED) is 0.353. The Morgan fingerprint density at radius 2 is 2.02 bits per heavy atom. The topological polar surface area (TPSA) is 135 Å². The zero-order valence-electron chi connectivity index (χ0n) is 29.1. The van der Waals surface area contributed by atoms with Gasteiger partial charge in [-0.25, -0.2) is 4.21 Å². The maximum Gasteiger partial charge on any atom is 0.286 e. The van der Waals surface area contributed by atoms with Gasteiger partial charge in [-0.3, -0.25) is 19.0 Å². The van der Waals surface area contributed by atoms with Gasteiger partial charge in [0.1, 0.15) is 27.3 Å². The molecule has 3 aromatic rings. The number of aliphatic hydroxyl groups excluding tert-OH is 1. The van der Waals surface area contributed by atoms with E-state index in [1.165, 1.54) is 29.1 Å². The largest absolute Gasteiger partial charge is 0.490 e. The number of fused-ring (bicyclic) bond motifs is 3. The Kier molecular flexibility index (Phi) is 10.2. The lowest BCUT2D eigenvalue weighted by molar-refractivity contribution is 0.0979. The molecular formula is C37H44ClN5O6S. The Hall–Kier alpha value is -4.05. The van der Waals surface area contributed by atoms with Gasteiger partial charge in [0.25, 0.3) is 11.8 Å². The summed E-state index contributed by atoms with van der Waals surface area (Å²) in [5, 5.41) is 16.0. The van der Waals surface area contributed by atoms with Crippen LogP contribution in [0.5, 0.6) is 11.6 Å². The van der Waals surface area contributed by atoms with Gasteiger partial charge in [-0.1, -0.05) is 44.4 Å². The number of hydrogen-bond donors (Lipinski definition) is 2. The number of nitrogens with zero attached hydrogens (tertiary/aromatic N) is 4. The summed E-state index contributed by atoms with van der Waals surface area (Å²) in [5.74, 6) is 4.62. The highest BCUT2D eigenvalue weighted by Crippen LogP contribution is 2.45. The molecule has 0 radical (unpaired) electrons. The molecular weight excluding hydrogens is 678 g/mol. The highest BCUT2D eigenvalue weighted by molar-refractivity contribution is 7.92. The summed E-state index contributed by atoms with van der Waals surface area (Å²) in [6.45, 7) is 7.53. The normalized spacial score (nSPS) is 28.3. The van der Waals surface area contributed by atoms with E-state index in [9.17, 15) is 18.9 Å². The molecule has 6 atom stereocenters. The number of benzene rings is 2. The molecule has 2 bridgehead atoms. The van der Waals surface area contributed by atoms with Crippen LogP contribution in [0.4, 0.5) is 5.69 Å². The number of carbonyl (C=O) groups is 2. The zero-order chi connectivity index (χ0) is 35.8. The molecule has 0 fully saturated rings. The minimum absolute atomic E-state index is 0.0170. The van der Waals surface area contributed by atoms with E-state index in [-0.39, 0.29) is 52.3 Å². The summed E-state index contributed by atoms with van der Waals surface area (Å²) in [4.78, 5) is 29.6. The number of hydrogen-bond acceptors (Lipinski definition) is 8. The van der Waals surface area contributed by atoms with Crippen molar-refractivity contribution in [2.75, 3.05) is 37.5 Å². The Labute approximate surface area is 299 Å². The monoisotopic (exact) mass is 721 g/mol. The molecule has 2 N–H and O–H groups in total. The molecule has 6 rings (SSSR count). The maximum atomic E-state index is 14.5. The van der Waals surface area contributed by atoms with Crippen molar-refractivity contribution in [3.63, 3.8) is 0 Å². The first kappa shape index (κ1) is 35.8. The van der Waals surface area contributed by atoms with E-state index in [4.69, 9.17) is 21.1 Å². The minimum atomic E-state index is -3.66. The second-order valence-electron chi connectivity index (χ2n) is 14.1. The number of carbonyl (C=O) groups excluding carboxylic acids is 2. The van der Waals surface area contributed by atoms with E-state index in [0.717, 1.165) is 19.3 Å². The summed E-state index contributed by atoms with van der Waals surface area (Å²) in [5.41, 5.74) is 3.07. The number of aliphatic hydroxyl groups is 1. The van der Waals surface area contributed by atoms with Crippen LogP contribution in [0.3, 0.4) is 0 Å². The molecule has 50 heavy (non-hydrogen) atoms. The van der Waals surface area contributed by atoms with E-state index in [2.05, 4.69) is 43.9 Å². The minimum Gasteiger partial charge on any atom is -0.490 e. The third kappa shape index (κ3) is 7.36. The van der Waals surface area contributed by atoms with Crippen molar-refractivity contribution in [2.45, 2.75) is 58.0 Å².